The van der Waals surface area contributed by atoms with Gasteiger partial charge in [0.2, 0.25) is 0 Å². The van der Waals surface area contributed by atoms with Crippen LogP contribution < -0.4 is 0 Å². The van der Waals surface area contributed by atoms with Crippen LogP contribution in [0.4, 0.5) is 13.2 Å². The minimum Gasteiger partial charge on any atom is -0.382 e. The molecule has 0 fully saturated rings. The standard InChI is InChI=1S/C14H16F3N3O3S/c1-10(24(2,22)23)13(21,7-20-9-18-8-19-20)11-5-3-4-6-12(11)14(15,16)17/h3-6,8-10,21H,7H2,1-2H3. The number of sulfone groups is 1. The molecular formula is C14H16F3N3O3S. The number of hydrogen-bond acceptors (Lipinski definition) is 5. The fraction of sp³-hybridized carbons (Fsp3) is 0.429. The van der Waals surface area contributed by atoms with Crippen molar-refractivity contribution in [3.63, 3.8) is 0 Å². The molecule has 6 nitrogen and oxygen atoms in total. The number of benzene rings is 1. The summed E-state index contributed by atoms with van der Waals surface area (Å²) in [6.07, 6.45) is -1.55. The molecule has 24 heavy (non-hydrogen) atoms. The monoisotopic (exact) mass is 363 g/mol. The summed E-state index contributed by atoms with van der Waals surface area (Å²) in [6.45, 7) is 0.674. The van der Waals surface area contributed by atoms with Crippen LogP contribution >= 0.6 is 0 Å². The first-order valence-corrected chi connectivity index (χ1v) is 8.82. The average Bonchev–Trinajstić information content (AvgIpc) is 2.97. The van der Waals surface area contributed by atoms with Gasteiger partial charge in [-0.3, -0.25) is 0 Å². The Morgan fingerprint density at radius 1 is 1.25 bits per heavy atom. The molecule has 0 radical (unpaired) electrons. The van der Waals surface area contributed by atoms with Crippen LogP contribution in [0, 0.1) is 0 Å². The summed E-state index contributed by atoms with van der Waals surface area (Å²) in [6, 6.07) is 4.36. The first kappa shape index (κ1) is 18.4. The highest BCUT2D eigenvalue weighted by molar-refractivity contribution is 7.91. The second-order valence-electron chi connectivity index (χ2n) is 5.53. The van der Waals surface area contributed by atoms with Crippen LogP contribution in [0.1, 0.15) is 18.1 Å². The molecule has 1 aromatic carbocycles. The summed E-state index contributed by atoms with van der Waals surface area (Å²) in [5.41, 5.74) is -3.96. The van der Waals surface area contributed by atoms with E-state index in [1.165, 1.54) is 25.4 Å². The lowest BCUT2D eigenvalue weighted by molar-refractivity contribution is -0.141. The van der Waals surface area contributed by atoms with Gasteiger partial charge in [-0.25, -0.2) is 18.1 Å². The van der Waals surface area contributed by atoms with Gasteiger partial charge in [-0.05, 0) is 18.6 Å². The second kappa shape index (κ2) is 6.17. The first-order valence-electron chi connectivity index (χ1n) is 6.86. The van der Waals surface area contributed by atoms with Crippen LogP contribution in [0.5, 0.6) is 0 Å². The van der Waals surface area contributed by atoms with Gasteiger partial charge in [0.15, 0.2) is 9.84 Å². The normalized spacial score (nSPS) is 16.6. The molecule has 2 aromatic rings. The van der Waals surface area contributed by atoms with Gasteiger partial charge in [-0.15, -0.1) is 0 Å². The molecule has 0 bridgehead atoms. The zero-order valence-electron chi connectivity index (χ0n) is 12.9. The van der Waals surface area contributed by atoms with Crippen LogP contribution in [0.3, 0.4) is 0 Å². The molecule has 2 atom stereocenters. The number of alkyl halides is 3. The number of nitrogens with zero attached hydrogens (tertiary/aromatic N) is 3. The maximum atomic E-state index is 13.3. The summed E-state index contributed by atoms with van der Waals surface area (Å²) in [7, 11) is -3.85. The van der Waals surface area contributed by atoms with Crippen molar-refractivity contribution in [1.82, 2.24) is 14.8 Å². The fourth-order valence-electron chi connectivity index (χ4n) is 2.46. The van der Waals surface area contributed by atoms with Crippen LogP contribution in [0.2, 0.25) is 0 Å². The lowest BCUT2D eigenvalue weighted by atomic mass is 9.86. The SMILES string of the molecule is CC(C(O)(Cn1cncn1)c1ccccc1C(F)(F)F)S(C)(=O)=O. The van der Waals surface area contributed by atoms with Crippen molar-refractivity contribution in [2.45, 2.75) is 30.5 Å². The Bertz CT molecular complexity index is 806. The Hall–Kier alpha value is -1.94. The quantitative estimate of drug-likeness (QED) is 0.873. The predicted octanol–water partition coefficient (Wildman–Crippen LogP) is 1.62. The molecule has 0 spiro atoms. The lowest BCUT2D eigenvalue weighted by Crippen LogP contribution is -2.46. The molecule has 0 saturated carbocycles. The number of halogens is 3. The smallest absolute Gasteiger partial charge is 0.382 e. The van der Waals surface area contributed by atoms with Crippen molar-refractivity contribution >= 4 is 9.84 Å². The number of hydrogen-bond donors (Lipinski definition) is 1. The number of aliphatic hydroxyl groups is 1. The highest BCUT2D eigenvalue weighted by atomic mass is 32.2. The molecule has 132 valence electrons. The maximum Gasteiger partial charge on any atom is 0.416 e. The van der Waals surface area contributed by atoms with Crippen LogP contribution in [-0.2, 0) is 28.2 Å². The van der Waals surface area contributed by atoms with E-state index in [9.17, 15) is 26.7 Å². The number of aromatic nitrogens is 3. The molecule has 0 aliphatic heterocycles. The Morgan fingerprint density at radius 2 is 1.83 bits per heavy atom. The van der Waals surface area contributed by atoms with Crippen LogP contribution in [0.25, 0.3) is 0 Å². The van der Waals surface area contributed by atoms with Crippen molar-refractivity contribution < 1.29 is 26.7 Å². The summed E-state index contributed by atoms with van der Waals surface area (Å²) in [5, 5.41) is 13.3. The summed E-state index contributed by atoms with van der Waals surface area (Å²) in [5.74, 6) is 0. The van der Waals surface area contributed by atoms with Gasteiger partial charge in [0.25, 0.3) is 0 Å². The third-order valence-electron chi connectivity index (χ3n) is 3.88. The highest BCUT2D eigenvalue weighted by Gasteiger charge is 2.47. The maximum absolute atomic E-state index is 13.3. The van der Waals surface area contributed by atoms with Gasteiger partial charge in [0.05, 0.1) is 17.4 Å². The highest BCUT2D eigenvalue weighted by Crippen LogP contribution is 2.40. The van der Waals surface area contributed by atoms with Crippen molar-refractivity contribution in [1.29, 1.82) is 0 Å². The fourth-order valence-corrected chi connectivity index (χ4v) is 3.37. The third kappa shape index (κ3) is 3.59. The molecule has 2 rings (SSSR count). The Balaban J connectivity index is 2.68. The molecule has 2 unspecified atom stereocenters. The molecule has 0 aliphatic rings. The predicted molar refractivity (Wildman–Crippen MR) is 79.7 cm³/mol. The lowest BCUT2D eigenvalue weighted by Gasteiger charge is -2.35. The van der Waals surface area contributed by atoms with Gasteiger partial charge in [0.1, 0.15) is 18.3 Å². The molecule has 10 heteroatoms. The van der Waals surface area contributed by atoms with Crippen molar-refractivity contribution in [3.05, 3.63) is 48.0 Å². The first-order chi connectivity index (χ1) is 11.0. The van der Waals surface area contributed by atoms with E-state index in [2.05, 4.69) is 10.1 Å². The van der Waals surface area contributed by atoms with E-state index in [0.717, 1.165) is 29.4 Å². The van der Waals surface area contributed by atoms with Crippen molar-refractivity contribution in [2.24, 2.45) is 0 Å². The summed E-state index contributed by atoms with van der Waals surface area (Å²) in [4.78, 5) is 3.66. The van der Waals surface area contributed by atoms with Crippen LogP contribution in [-0.4, -0.2) is 39.8 Å². The minimum absolute atomic E-state index is 0.492. The molecule has 1 aromatic heterocycles. The van der Waals surface area contributed by atoms with E-state index in [-0.39, 0.29) is 0 Å². The Morgan fingerprint density at radius 3 is 2.29 bits per heavy atom. The van der Waals surface area contributed by atoms with E-state index < -0.39 is 44.5 Å². The summed E-state index contributed by atoms with van der Waals surface area (Å²) >= 11 is 0. The molecule has 0 amide bonds. The third-order valence-corrected chi connectivity index (χ3v) is 5.56. The molecule has 0 aliphatic carbocycles. The minimum atomic E-state index is -4.75. The second-order valence-corrected chi connectivity index (χ2v) is 7.90. The van der Waals surface area contributed by atoms with Gasteiger partial charge in [0, 0.05) is 6.26 Å². The zero-order chi connectivity index (χ0) is 18.2. The largest absolute Gasteiger partial charge is 0.416 e. The van der Waals surface area contributed by atoms with E-state index in [4.69, 9.17) is 0 Å². The molecule has 0 saturated heterocycles. The Labute approximate surface area is 136 Å². The van der Waals surface area contributed by atoms with E-state index in [1.54, 1.807) is 0 Å². The van der Waals surface area contributed by atoms with Gasteiger partial charge >= 0.3 is 6.18 Å². The van der Waals surface area contributed by atoms with Crippen LogP contribution in [0.15, 0.2) is 36.9 Å². The zero-order valence-corrected chi connectivity index (χ0v) is 13.7. The van der Waals surface area contributed by atoms with Crippen molar-refractivity contribution in [2.75, 3.05) is 6.26 Å². The topological polar surface area (TPSA) is 85.1 Å². The van der Waals surface area contributed by atoms with Crippen molar-refractivity contribution in [3.8, 4) is 0 Å². The summed E-state index contributed by atoms with van der Waals surface area (Å²) < 4.78 is 65.0. The van der Waals surface area contributed by atoms with E-state index >= 15 is 0 Å². The number of rotatable bonds is 5. The van der Waals surface area contributed by atoms with Gasteiger partial charge < -0.3 is 5.11 Å². The molecular weight excluding hydrogens is 347 g/mol. The van der Waals surface area contributed by atoms with Gasteiger partial charge in [-0.2, -0.15) is 18.3 Å². The molecule has 1 heterocycles. The Kier molecular flexibility index (Phi) is 4.73. The van der Waals surface area contributed by atoms with Gasteiger partial charge in [-0.1, -0.05) is 18.2 Å². The molecule has 1 N–H and O–H groups in total. The van der Waals surface area contributed by atoms with E-state index in [1.807, 2.05) is 0 Å². The average molecular weight is 363 g/mol. The van der Waals surface area contributed by atoms with E-state index in [0.29, 0.717) is 0 Å².